The molecule has 4 heterocycles. The molecule has 1 unspecified atom stereocenters. The fourth-order valence-electron chi connectivity index (χ4n) is 10.7. The number of nitrogens with two attached hydrogens (primary N) is 1. The largest absolute Gasteiger partial charge is 0.471 e. The Hall–Kier alpha value is -7.81. The second-order valence-electron chi connectivity index (χ2n) is 22.3. The number of piperidine rings is 1. The van der Waals surface area contributed by atoms with Crippen LogP contribution in [0.25, 0.3) is 11.2 Å². The summed E-state index contributed by atoms with van der Waals surface area (Å²) in [5.74, 6) is -2.30. The number of thiazole rings is 1. The number of aliphatic hydroxyl groups is 1. The van der Waals surface area contributed by atoms with Crippen molar-refractivity contribution in [2.45, 2.75) is 155 Å². The van der Waals surface area contributed by atoms with Crippen LogP contribution in [0.5, 0.6) is 5.88 Å². The molecule has 1 saturated heterocycles. The molecular formula is C60H84N14O11S. The molecule has 0 radical (unpaired) electrons. The number of likely N-dealkylation sites (tertiary alicyclic amines) is 1. The maximum Gasteiger partial charge on any atom is 0.426 e. The number of fused-ring (bicyclic) bond motifs is 2. The van der Waals surface area contributed by atoms with Gasteiger partial charge in [-0.05, 0) is 86.2 Å². The highest BCUT2D eigenvalue weighted by Gasteiger charge is 2.38. The van der Waals surface area contributed by atoms with Crippen LogP contribution >= 0.6 is 11.3 Å². The van der Waals surface area contributed by atoms with Crippen molar-refractivity contribution >= 4 is 70.0 Å². The first-order valence-electron chi connectivity index (χ1n) is 29.8. The summed E-state index contributed by atoms with van der Waals surface area (Å²) < 4.78 is 16.5. The van der Waals surface area contributed by atoms with Gasteiger partial charge in [-0.2, -0.15) is 9.97 Å². The fourth-order valence-corrected chi connectivity index (χ4v) is 11.5. The van der Waals surface area contributed by atoms with Crippen LogP contribution in [0.1, 0.15) is 149 Å². The molecule has 0 saturated carbocycles. The summed E-state index contributed by atoms with van der Waals surface area (Å²) in [6, 6.07) is 13.0. The van der Waals surface area contributed by atoms with E-state index < -0.39 is 48.1 Å². The van der Waals surface area contributed by atoms with Crippen molar-refractivity contribution in [3.63, 3.8) is 0 Å². The molecule has 0 spiro atoms. The number of rotatable bonds is 30. The number of amides is 7. The third-order valence-corrected chi connectivity index (χ3v) is 16.6. The highest BCUT2D eigenvalue weighted by Crippen LogP contribution is 2.33. The van der Waals surface area contributed by atoms with Crippen molar-refractivity contribution in [1.29, 1.82) is 0 Å². The number of imidazole rings is 1. The maximum absolute atomic E-state index is 14.6. The first-order chi connectivity index (χ1) is 41.4. The zero-order chi connectivity index (χ0) is 61.7. The summed E-state index contributed by atoms with van der Waals surface area (Å²) in [4.78, 5) is 117. The Morgan fingerprint density at radius 1 is 0.907 bits per heavy atom. The number of ether oxygens (including phenoxy) is 3. The molecule has 7 rings (SSSR count). The summed E-state index contributed by atoms with van der Waals surface area (Å²) in [5.41, 5.74) is 14.9. The van der Waals surface area contributed by atoms with Crippen molar-refractivity contribution in [2.75, 3.05) is 52.2 Å². The second kappa shape index (κ2) is 32.6. The first kappa shape index (κ1) is 65.7. The molecule has 26 heteroatoms. The number of aromatic nitrogens is 5. The Morgan fingerprint density at radius 2 is 1.66 bits per heavy atom. The van der Waals surface area contributed by atoms with E-state index in [0.29, 0.717) is 54.9 Å². The molecule has 1 fully saturated rings. The van der Waals surface area contributed by atoms with E-state index in [9.17, 15) is 38.7 Å². The number of hydrazine groups is 1. The Morgan fingerprint density at radius 3 is 2.41 bits per heavy atom. The van der Waals surface area contributed by atoms with Gasteiger partial charge in [-0.1, -0.05) is 96.0 Å². The van der Waals surface area contributed by atoms with Crippen molar-refractivity contribution in [3.05, 3.63) is 93.2 Å². The van der Waals surface area contributed by atoms with Crippen LogP contribution in [0, 0.1) is 11.8 Å². The van der Waals surface area contributed by atoms with Crippen LogP contribution in [-0.4, -0.2) is 152 Å². The predicted molar refractivity (Wildman–Crippen MR) is 322 cm³/mol. The van der Waals surface area contributed by atoms with E-state index in [0.717, 1.165) is 59.4 Å². The smallest absolute Gasteiger partial charge is 0.426 e. The summed E-state index contributed by atoms with van der Waals surface area (Å²) in [6.45, 7) is 12.0. The number of hydrogen-bond acceptors (Lipinski definition) is 18. The van der Waals surface area contributed by atoms with Gasteiger partial charge in [0.05, 0.1) is 31.5 Å². The van der Waals surface area contributed by atoms with Crippen LogP contribution in [0.2, 0.25) is 0 Å². The minimum Gasteiger partial charge on any atom is -0.471 e. The second-order valence-corrected chi connectivity index (χ2v) is 23.2. The lowest BCUT2D eigenvalue weighted by Crippen LogP contribution is -2.58. The molecule has 1 aliphatic carbocycles. The Balaban J connectivity index is 0.776. The molecular weight excluding hydrogens is 1120 g/mol. The van der Waals surface area contributed by atoms with Gasteiger partial charge in [0.25, 0.3) is 5.91 Å². The minimum absolute atomic E-state index is 0.0229. The van der Waals surface area contributed by atoms with Crippen LogP contribution in [0.15, 0.2) is 60.2 Å². The molecule has 10 N–H and O–H groups in total. The first-order valence-corrected chi connectivity index (χ1v) is 30.6. The van der Waals surface area contributed by atoms with Crippen molar-refractivity contribution in [3.8, 4) is 5.88 Å². The van der Waals surface area contributed by atoms with E-state index in [4.69, 9.17) is 19.9 Å². The summed E-state index contributed by atoms with van der Waals surface area (Å²) in [5, 5.41) is 25.4. The van der Waals surface area contributed by atoms with E-state index in [-0.39, 0.29) is 118 Å². The molecule has 5 aromatic rings. The van der Waals surface area contributed by atoms with E-state index in [2.05, 4.69) is 61.9 Å². The number of carbonyl (C=O) groups is 7. The number of carbonyl (C=O) groups excluding carboxylic acids is 7. The molecule has 2 aromatic carbocycles. The van der Waals surface area contributed by atoms with Gasteiger partial charge in [0, 0.05) is 56.4 Å². The summed E-state index contributed by atoms with van der Waals surface area (Å²) in [7, 11) is 1.95. The molecule has 25 nitrogen and oxygen atoms in total. The lowest BCUT2D eigenvalue weighted by atomic mass is 9.79. The summed E-state index contributed by atoms with van der Waals surface area (Å²) >= 11 is 1.15. The van der Waals surface area contributed by atoms with E-state index >= 15 is 0 Å². The lowest BCUT2D eigenvalue weighted by Gasteiger charge is -2.39. The van der Waals surface area contributed by atoms with E-state index in [1.54, 1.807) is 5.38 Å². The van der Waals surface area contributed by atoms with Crippen LogP contribution in [-0.2, 0) is 53.0 Å². The number of nitrogens with one attached hydrogen (secondary N) is 7. The third-order valence-electron chi connectivity index (χ3n) is 15.6. The van der Waals surface area contributed by atoms with E-state index in [1.807, 2.05) is 95.1 Å². The maximum atomic E-state index is 14.6. The lowest BCUT2D eigenvalue weighted by molar-refractivity contribution is -0.142. The molecule has 7 amide bonds. The van der Waals surface area contributed by atoms with Crippen molar-refractivity contribution < 1.29 is 52.9 Å². The Bertz CT molecular complexity index is 3070. The molecule has 466 valence electrons. The van der Waals surface area contributed by atoms with Gasteiger partial charge in [0.1, 0.15) is 36.1 Å². The number of benzene rings is 2. The normalized spacial score (nSPS) is 17.3. The van der Waals surface area contributed by atoms with Gasteiger partial charge >= 0.3 is 6.09 Å². The quantitative estimate of drug-likeness (QED) is 0.0219. The highest BCUT2D eigenvalue weighted by molar-refractivity contribution is 7.09. The van der Waals surface area contributed by atoms with Crippen molar-refractivity contribution in [2.24, 2.45) is 11.8 Å². The molecule has 1 aliphatic heterocycles. The highest BCUT2D eigenvalue weighted by atomic mass is 32.1. The molecule has 2 aliphatic rings. The number of aromatic amines is 1. The molecule has 3 aromatic heterocycles. The van der Waals surface area contributed by atoms with Gasteiger partial charge in [-0.15, -0.1) is 11.3 Å². The molecule has 0 bridgehead atoms. The fraction of sp³-hybridized carbons (Fsp3) is 0.550. The van der Waals surface area contributed by atoms with Crippen LogP contribution in [0.3, 0.4) is 0 Å². The van der Waals surface area contributed by atoms with Crippen LogP contribution in [0.4, 0.5) is 10.7 Å². The number of anilines is 1. The molecule has 86 heavy (non-hydrogen) atoms. The third kappa shape index (κ3) is 18.8. The van der Waals surface area contributed by atoms with E-state index in [1.165, 1.54) is 6.33 Å². The number of H-pyrrole nitrogens is 1. The number of hydrogen-bond donors (Lipinski definition) is 9. The van der Waals surface area contributed by atoms with Crippen LogP contribution < -0.4 is 42.6 Å². The van der Waals surface area contributed by atoms with Gasteiger partial charge in [-0.25, -0.2) is 20.2 Å². The zero-order valence-electron chi connectivity index (χ0n) is 50.0. The van der Waals surface area contributed by atoms with Crippen molar-refractivity contribution in [1.82, 2.24) is 66.8 Å². The van der Waals surface area contributed by atoms with Gasteiger partial charge in [0.15, 0.2) is 11.2 Å². The SMILES string of the molecule is CCCN(C(=O)[C@@H](NC(=O)[C@H]1CCCCN1C)[C@@H](C)CC)[C@H](CC(O)c1nc(C(=O)N[C@H]2Cc3ccccc3[C@H](C(=O)NNC(=O)OCCOCCNC(=O)CCCC(=O)NCc3ccc(COc4nc(N)nc5[nH]cnc45)cc3)C2)cs1)C(C)C. The van der Waals surface area contributed by atoms with Gasteiger partial charge in [-0.3, -0.25) is 39.1 Å². The molecule has 7 atom stereocenters. The Labute approximate surface area is 505 Å². The standard InChI is InChI=1S/C60H84N14O11S/c1-7-24-74(58(81)50(37(5)8-2)68-55(80)45-16-11-12-25-73(45)6)46(36(3)4)31-47(75)57-67-44(34-86-57)54(79)66-41-29-40-14-9-10-15-42(40)43(30-41)53(78)71-72-60(82)84-28-27-83-26-23-62-48(76)17-13-18-49(77)63-32-38-19-21-39(22-20-38)33-85-56-51-52(65-35-64-51)69-59(61)70-56/h9-10,14-15,19-22,34-37,41,43,45-47,50,75H,7-8,11-13,16-18,23-33H2,1-6H3,(H,62,76)(H,63,77)(H,66,79)(H,68,80)(H,71,78)(H,72,82)(H3,61,64,65,69,70)/t37-,41-,43+,45+,46+,47?,50-/m0/s1. The average Bonchev–Trinajstić information content (AvgIpc) is 3.94. The number of nitrogens with zero attached hydrogens (tertiary/aromatic N) is 6. The predicted octanol–water partition coefficient (Wildman–Crippen LogP) is 4.88. The zero-order valence-corrected chi connectivity index (χ0v) is 50.8. The Kier molecular flexibility index (Phi) is 24.9. The average molecular weight is 1210 g/mol. The van der Waals surface area contributed by atoms with Gasteiger partial charge < -0.3 is 56.2 Å². The number of likely N-dealkylation sites (N-methyl/N-ethyl adjacent to an activating group) is 1. The number of aliphatic hydroxyl groups excluding tert-OH is 1. The monoisotopic (exact) mass is 1210 g/mol. The number of nitrogen functional groups attached to an aromatic ring is 1. The minimum atomic E-state index is -1.09. The summed E-state index contributed by atoms with van der Waals surface area (Å²) in [6.07, 6.45) is 5.08. The topological polar surface area (TPSA) is 339 Å². The van der Waals surface area contributed by atoms with Gasteiger partial charge in [0.2, 0.25) is 41.4 Å².